The third-order valence-electron chi connectivity index (χ3n) is 4.96. The molecule has 0 aromatic heterocycles. The summed E-state index contributed by atoms with van der Waals surface area (Å²) in [5, 5.41) is 0. The van der Waals surface area contributed by atoms with Gasteiger partial charge in [0.15, 0.2) is 0 Å². The molecule has 3 unspecified atom stereocenters. The molecule has 1 aromatic carbocycles. The molecule has 26 heavy (non-hydrogen) atoms. The lowest BCUT2D eigenvalue weighted by atomic mass is 9.85. The zero-order valence-corrected chi connectivity index (χ0v) is 17.3. The lowest BCUT2D eigenvalue weighted by Gasteiger charge is -2.41. The van der Waals surface area contributed by atoms with E-state index in [-0.39, 0.29) is 23.2 Å². The topological polar surface area (TPSA) is 21.7 Å². The van der Waals surface area contributed by atoms with Crippen LogP contribution >= 0.6 is 0 Å². The molecule has 0 N–H and O–H groups in total. The quantitative estimate of drug-likeness (QED) is 0.717. The van der Waals surface area contributed by atoms with Gasteiger partial charge in [0.25, 0.3) is 0 Å². The average molecular weight is 358 g/mol. The molecule has 3 heteroatoms. The highest BCUT2D eigenvalue weighted by Crippen LogP contribution is 2.25. The van der Waals surface area contributed by atoms with Crippen molar-refractivity contribution in [3.63, 3.8) is 0 Å². The van der Waals surface area contributed by atoms with Gasteiger partial charge >= 0.3 is 0 Å². The molecule has 2 rings (SSSR count). The van der Waals surface area contributed by atoms with E-state index in [2.05, 4.69) is 76.6 Å². The Labute approximate surface area is 160 Å². The summed E-state index contributed by atoms with van der Waals surface area (Å²) in [4.78, 5) is 2.44. The average Bonchev–Trinajstić information content (AvgIpc) is 2.51. The van der Waals surface area contributed by atoms with Gasteiger partial charge in [0.1, 0.15) is 6.61 Å². The molecule has 1 saturated heterocycles. The number of morpholine rings is 1. The van der Waals surface area contributed by atoms with Gasteiger partial charge in [0.05, 0.1) is 17.8 Å². The lowest BCUT2D eigenvalue weighted by molar-refractivity contribution is -0.100. The fourth-order valence-electron chi connectivity index (χ4n) is 3.81. The van der Waals surface area contributed by atoms with Gasteiger partial charge in [0.2, 0.25) is 0 Å². The first-order chi connectivity index (χ1) is 12.1. The highest BCUT2D eigenvalue weighted by Gasteiger charge is 2.32. The summed E-state index contributed by atoms with van der Waals surface area (Å²) >= 11 is 0. The summed E-state index contributed by atoms with van der Waals surface area (Å²) in [6.45, 7) is 16.2. The van der Waals surface area contributed by atoms with Crippen molar-refractivity contribution in [2.45, 2.75) is 71.2 Å². The molecule has 144 valence electrons. The molecule has 0 spiro atoms. The molecular weight excluding hydrogens is 322 g/mol. The first-order valence-electron chi connectivity index (χ1n) is 9.66. The van der Waals surface area contributed by atoms with Gasteiger partial charge in [-0.2, -0.15) is 0 Å². The highest BCUT2D eigenvalue weighted by molar-refractivity contribution is 5.28. The van der Waals surface area contributed by atoms with Crippen molar-refractivity contribution < 1.29 is 9.47 Å². The van der Waals surface area contributed by atoms with Crippen LogP contribution in [0.1, 0.15) is 52.7 Å². The van der Waals surface area contributed by atoms with Crippen LogP contribution in [0.4, 0.5) is 0 Å². The number of ether oxygens (including phenoxy) is 2. The summed E-state index contributed by atoms with van der Waals surface area (Å²) in [7, 11) is 0. The van der Waals surface area contributed by atoms with Gasteiger partial charge in [-0.1, -0.05) is 51.0 Å². The van der Waals surface area contributed by atoms with Gasteiger partial charge in [-0.15, -0.1) is 6.42 Å². The Kier molecular flexibility index (Phi) is 6.91. The monoisotopic (exact) mass is 357 g/mol. The van der Waals surface area contributed by atoms with E-state index in [1.54, 1.807) is 0 Å². The number of nitrogens with zero attached hydrogens (tertiary/aromatic N) is 1. The van der Waals surface area contributed by atoms with Crippen LogP contribution < -0.4 is 0 Å². The van der Waals surface area contributed by atoms with Crippen molar-refractivity contribution in [1.29, 1.82) is 0 Å². The number of hydrogen-bond acceptors (Lipinski definition) is 3. The maximum absolute atomic E-state index is 6.13. The Morgan fingerprint density at radius 1 is 1.12 bits per heavy atom. The van der Waals surface area contributed by atoms with E-state index in [0.29, 0.717) is 6.61 Å². The van der Waals surface area contributed by atoms with E-state index in [1.807, 2.05) is 0 Å². The molecule has 1 aromatic rings. The third kappa shape index (κ3) is 6.13. The molecule has 0 bridgehead atoms. The van der Waals surface area contributed by atoms with E-state index in [4.69, 9.17) is 15.9 Å². The van der Waals surface area contributed by atoms with Crippen LogP contribution in [0, 0.1) is 12.3 Å². The van der Waals surface area contributed by atoms with E-state index >= 15 is 0 Å². The largest absolute Gasteiger partial charge is 0.373 e. The zero-order chi connectivity index (χ0) is 19.4. The Bertz CT molecular complexity index is 601. The van der Waals surface area contributed by atoms with Crippen LogP contribution in [0.5, 0.6) is 0 Å². The molecule has 3 nitrogen and oxygen atoms in total. The number of rotatable bonds is 6. The van der Waals surface area contributed by atoms with Crippen molar-refractivity contribution in [3.05, 3.63) is 35.4 Å². The van der Waals surface area contributed by atoms with E-state index < -0.39 is 0 Å². The molecule has 1 heterocycles. The Balaban J connectivity index is 2.11. The van der Waals surface area contributed by atoms with Crippen molar-refractivity contribution in [3.8, 4) is 12.3 Å². The summed E-state index contributed by atoms with van der Waals surface area (Å²) in [5.41, 5.74) is 2.49. The van der Waals surface area contributed by atoms with Crippen LogP contribution in [-0.4, -0.2) is 49.0 Å². The Morgan fingerprint density at radius 2 is 1.69 bits per heavy atom. The second-order valence-electron chi connectivity index (χ2n) is 9.02. The minimum absolute atomic E-state index is 0.169. The summed E-state index contributed by atoms with van der Waals surface area (Å²) < 4.78 is 12.0. The van der Waals surface area contributed by atoms with Crippen molar-refractivity contribution >= 4 is 0 Å². The van der Waals surface area contributed by atoms with Gasteiger partial charge in [-0.25, -0.2) is 0 Å². The molecule has 0 amide bonds. The molecule has 0 saturated carbocycles. The minimum atomic E-state index is -0.313. The predicted octanol–water partition coefficient (Wildman–Crippen LogP) is 4.04. The Hall–Kier alpha value is -1.34. The SMILES string of the molecule is C#CCOC(C)(Cc1ccc(C(C)(C)C)cc1)CN1CC(C)OC(C)C1. The molecule has 1 fully saturated rings. The third-order valence-corrected chi connectivity index (χ3v) is 4.96. The van der Waals surface area contributed by atoms with Crippen molar-refractivity contribution in [2.75, 3.05) is 26.2 Å². The normalized spacial score (nSPS) is 24.0. The van der Waals surface area contributed by atoms with Gasteiger partial charge in [0, 0.05) is 26.1 Å². The second kappa shape index (κ2) is 8.57. The van der Waals surface area contributed by atoms with Crippen LogP contribution in [0.3, 0.4) is 0 Å². The van der Waals surface area contributed by atoms with E-state index in [9.17, 15) is 0 Å². The maximum atomic E-state index is 6.13. The number of benzene rings is 1. The molecule has 1 aliphatic rings. The van der Waals surface area contributed by atoms with Crippen molar-refractivity contribution in [1.82, 2.24) is 4.90 Å². The molecule has 0 aliphatic carbocycles. The first kappa shape index (κ1) is 21.0. The maximum Gasteiger partial charge on any atom is 0.108 e. The number of hydrogen-bond donors (Lipinski definition) is 0. The standard InChI is InChI=1S/C23H35NO2/c1-8-13-25-23(7,17-24-15-18(2)26-19(3)16-24)14-20-9-11-21(12-10-20)22(4,5)6/h1,9-12,18-19H,13-17H2,2-7H3. The van der Waals surface area contributed by atoms with Gasteiger partial charge in [-0.3, -0.25) is 4.90 Å². The fourth-order valence-corrected chi connectivity index (χ4v) is 3.81. The van der Waals surface area contributed by atoms with Gasteiger partial charge < -0.3 is 9.47 Å². The van der Waals surface area contributed by atoms with Crippen LogP contribution in [-0.2, 0) is 21.3 Å². The summed E-state index contributed by atoms with van der Waals surface area (Å²) in [6.07, 6.45) is 6.82. The molecule has 1 aliphatic heterocycles. The predicted molar refractivity (Wildman–Crippen MR) is 108 cm³/mol. The smallest absolute Gasteiger partial charge is 0.108 e. The van der Waals surface area contributed by atoms with E-state index in [1.165, 1.54) is 11.1 Å². The second-order valence-corrected chi connectivity index (χ2v) is 9.02. The first-order valence-corrected chi connectivity index (χ1v) is 9.66. The van der Waals surface area contributed by atoms with Crippen LogP contribution in [0.15, 0.2) is 24.3 Å². The van der Waals surface area contributed by atoms with E-state index in [0.717, 1.165) is 26.1 Å². The summed E-state index contributed by atoms with van der Waals surface area (Å²) in [6, 6.07) is 8.91. The molecule has 0 radical (unpaired) electrons. The highest BCUT2D eigenvalue weighted by atomic mass is 16.5. The molecular formula is C23H35NO2. The zero-order valence-electron chi connectivity index (χ0n) is 17.3. The van der Waals surface area contributed by atoms with Crippen LogP contribution in [0.25, 0.3) is 0 Å². The van der Waals surface area contributed by atoms with Gasteiger partial charge in [-0.05, 0) is 37.3 Å². The Morgan fingerprint density at radius 3 is 2.19 bits per heavy atom. The minimum Gasteiger partial charge on any atom is -0.373 e. The number of terminal acetylenes is 1. The van der Waals surface area contributed by atoms with Crippen LogP contribution in [0.2, 0.25) is 0 Å². The lowest BCUT2D eigenvalue weighted by Crippen LogP contribution is -2.52. The molecule has 3 atom stereocenters. The van der Waals surface area contributed by atoms with Crippen molar-refractivity contribution in [2.24, 2.45) is 0 Å². The fraction of sp³-hybridized carbons (Fsp3) is 0.652. The summed E-state index contributed by atoms with van der Waals surface area (Å²) in [5.74, 6) is 2.63.